The molecule has 0 aliphatic heterocycles. The SMILES string of the molecule is CCN(CC)CCNC(=O)CNc1cc(Cl)ccc1OC. The predicted octanol–water partition coefficient (Wildman–Crippen LogP) is 2.22. The fraction of sp³-hybridized carbons (Fsp3) is 0.533. The van der Waals surface area contributed by atoms with Crippen LogP contribution in [0.3, 0.4) is 0 Å². The summed E-state index contributed by atoms with van der Waals surface area (Å²) in [5, 5.41) is 6.52. The van der Waals surface area contributed by atoms with Crippen LogP contribution in [0.4, 0.5) is 5.69 Å². The fourth-order valence-corrected chi connectivity index (χ4v) is 2.12. The van der Waals surface area contributed by atoms with Crippen LogP contribution in [0.25, 0.3) is 0 Å². The first-order valence-corrected chi connectivity index (χ1v) is 7.55. The fourth-order valence-electron chi connectivity index (χ4n) is 1.95. The maximum Gasteiger partial charge on any atom is 0.239 e. The van der Waals surface area contributed by atoms with Gasteiger partial charge in [-0.1, -0.05) is 25.4 Å². The zero-order valence-electron chi connectivity index (χ0n) is 12.9. The summed E-state index contributed by atoms with van der Waals surface area (Å²) in [4.78, 5) is 14.1. The summed E-state index contributed by atoms with van der Waals surface area (Å²) in [6.07, 6.45) is 0. The van der Waals surface area contributed by atoms with Crippen molar-refractivity contribution in [3.63, 3.8) is 0 Å². The number of benzene rings is 1. The Balaban J connectivity index is 2.38. The van der Waals surface area contributed by atoms with E-state index in [2.05, 4.69) is 29.4 Å². The molecule has 0 bridgehead atoms. The Hall–Kier alpha value is -1.46. The molecule has 0 spiro atoms. The number of likely N-dealkylation sites (N-methyl/N-ethyl adjacent to an activating group) is 1. The van der Waals surface area contributed by atoms with E-state index in [-0.39, 0.29) is 12.5 Å². The molecule has 1 rings (SSSR count). The molecule has 1 amide bonds. The normalized spacial score (nSPS) is 10.5. The summed E-state index contributed by atoms with van der Waals surface area (Å²) in [6.45, 7) is 7.90. The molecule has 1 aromatic carbocycles. The Kier molecular flexibility index (Phi) is 7.93. The van der Waals surface area contributed by atoms with E-state index in [9.17, 15) is 4.79 Å². The van der Waals surface area contributed by atoms with E-state index >= 15 is 0 Å². The summed E-state index contributed by atoms with van der Waals surface area (Å²) in [5.41, 5.74) is 0.712. The number of hydrogen-bond donors (Lipinski definition) is 2. The minimum atomic E-state index is -0.0517. The first-order valence-electron chi connectivity index (χ1n) is 7.17. The second-order valence-electron chi connectivity index (χ2n) is 4.57. The third-order valence-electron chi connectivity index (χ3n) is 3.25. The van der Waals surface area contributed by atoms with Crippen LogP contribution in [0, 0.1) is 0 Å². The van der Waals surface area contributed by atoms with Gasteiger partial charge in [-0.25, -0.2) is 0 Å². The first kappa shape index (κ1) is 17.6. The standard InChI is InChI=1S/C15H24ClN3O2/c1-4-19(5-2)9-8-17-15(20)11-18-13-10-12(16)6-7-14(13)21-3/h6-7,10,18H,4-5,8-9,11H2,1-3H3,(H,17,20). The van der Waals surface area contributed by atoms with Gasteiger partial charge in [-0.3, -0.25) is 4.79 Å². The number of halogens is 1. The van der Waals surface area contributed by atoms with E-state index in [0.29, 0.717) is 23.0 Å². The molecule has 118 valence electrons. The van der Waals surface area contributed by atoms with Crippen molar-refractivity contribution in [3.05, 3.63) is 23.2 Å². The molecule has 0 radical (unpaired) electrons. The third kappa shape index (κ3) is 6.23. The van der Waals surface area contributed by atoms with Crippen LogP contribution in [0.2, 0.25) is 5.02 Å². The molecular weight excluding hydrogens is 290 g/mol. The summed E-state index contributed by atoms with van der Waals surface area (Å²) >= 11 is 5.94. The Morgan fingerprint density at radius 2 is 2.05 bits per heavy atom. The number of nitrogens with one attached hydrogen (secondary N) is 2. The molecule has 0 atom stereocenters. The van der Waals surface area contributed by atoms with Crippen LogP contribution < -0.4 is 15.4 Å². The van der Waals surface area contributed by atoms with Gasteiger partial charge in [0.05, 0.1) is 19.3 Å². The minimum absolute atomic E-state index is 0.0517. The van der Waals surface area contributed by atoms with Gasteiger partial charge in [0.1, 0.15) is 5.75 Å². The van der Waals surface area contributed by atoms with E-state index in [1.807, 2.05) is 0 Å². The second kappa shape index (κ2) is 9.47. The molecule has 0 fully saturated rings. The lowest BCUT2D eigenvalue weighted by atomic mass is 10.3. The monoisotopic (exact) mass is 313 g/mol. The maximum absolute atomic E-state index is 11.8. The largest absolute Gasteiger partial charge is 0.495 e. The van der Waals surface area contributed by atoms with Gasteiger partial charge in [-0.05, 0) is 31.3 Å². The molecule has 21 heavy (non-hydrogen) atoms. The molecular formula is C15H24ClN3O2. The van der Waals surface area contributed by atoms with Gasteiger partial charge in [0.2, 0.25) is 5.91 Å². The Labute approximate surface area is 131 Å². The quantitative estimate of drug-likeness (QED) is 0.734. The van der Waals surface area contributed by atoms with Crippen molar-refractivity contribution in [3.8, 4) is 5.75 Å². The highest BCUT2D eigenvalue weighted by Crippen LogP contribution is 2.27. The van der Waals surface area contributed by atoms with Gasteiger partial charge in [0, 0.05) is 18.1 Å². The second-order valence-corrected chi connectivity index (χ2v) is 5.01. The average Bonchev–Trinajstić information content (AvgIpc) is 2.49. The van der Waals surface area contributed by atoms with Gasteiger partial charge in [-0.15, -0.1) is 0 Å². The topological polar surface area (TPSA) is 53.6 Å². The van der Waals surface area contributed by atoms with Crippen LogP contribution in [0.15, 0.2) is 18.2 Å². The van der Waals surface area contributed by atoms with Crippen molar-refractivity contribution in [2.75, 3.05) is 45.2 Å². The smallest absolute Gasteiger partial charge is 0.239 e. The minimum Gasteiger partial charge on any atom is -0.495 e. The van der Waals surface area contributed by atoms with Crippen LogP contribution >= 0.6 is 11.6 Å². The van der Waals surface area contributed by atoms with E-state index < -0.39 is 0 Å². The lowest BCUT2D eigenvalue weighted by Gasteiger charge is -2.18. The van der Waals surface area contributed by atoms with Crippen molar-refractivity contribution < 1.29 is 9.53 Å². The third-order valence-corrected chi connectivity index (χ3v) is 3.48. The summed E-state index contributed by atoms with van der Waals surface area (Å²) in [7, 11) is 1.58. The molecule has 0 aliphatic carbocycles. The number of carbonyl (C=O) groups is 1. The number of nitrogens with zero attached hydrogens (tertiary/aromatic N) is 1. The highest BCUT2D eigenvalue weighted by atomic mass is 35.5. The zero-order chi connectivity index (χ0) is 15.7. The molecule has 0 saturated carbocycles. The number of methoxy groups -OCH3 is 1. The summed E-state index contributed by atoms with van der Waals surface area (Å²) in [5.74, 6) is 0.611. The van der Waals surface area contributed by atoms with E-state index in [1.165, 1.54) is 0 Å². The van der Waals surface area contributed by atoms with E-state index in [4.69, 9.17) is 16.3 Å². The number of hydrogen-bond acceptors (Lipinski definition) is 4. The van der Waals surface area contributed by atoms with Gasteiger partial charge in [0.25, 0.3) is 0 Å². The van der Waals surface area contributed by atoms with Crippen LogP contribution in [0.5, 0.6) is 5.75 Å². The average molecular weight is 314 g/mol. The lowest BCUT2D eigenvalue weighted by molar-refractivity contribution is -0.119. The van der Waals surface area contributed by atoms with Gasteiger partial charge in [0.15, 0.2) is 0 Å². The molecule has 0 aromatic heterocycles. The highest BCUT2D eigenvalue weighted by Gasteiger charge is 2.06. The van der Waals surface area contributed by atoms with Gasteiger partial charge in [-0.2, -0.15) is 0 Å². The molecule has 0 heterocycles. The maximum atomic E-state index is 11.8. The van der Waals surface area contributed by atoms with E-state index in [0.717, 1.165) is 19.6 Å². The van der Waals surface area contributed by atoms with Crippen molar-refractivity contribution in [2.24, 2.45) is 0 Å². The predicted molar refractivity (Wildman–Crippen MR) is 87.3 cm³/mol. The van der Waals surface area contributed by atoms with Crippen LogP contribution in [-0.2, 0) is 4.79 Å². The molecule has 2 N–H and O–H groups in total. The lowest BCUT2D eigenvalue weighted by Crippen LogP contribution is -2.37. The number of carbonyl (C=O) groups excluding carboxylic acids is 1. The molecule has 0 unspecified atom stereocenters. The molecule has 0 saturated heterocycles. The Morgan fingerprint density at radius 1 is 1.33 bits per heavy atom. The Morgan fingerprint density at radius 3 is 2.67 bits per heavy atom. The van der Waals surface area contributed by atoms with Crippen LogP contribution in [0.1, 0.15) is 13.8 Å². The zero-order valence-corrected chi connectivity index (χ0v) is 13.7. The Bertz CT molecular complexity index is 451. The molecule has 0 aliphatic rings. The van der Waals surface area contributed by atoms with Crippen molar-refractivity contribution in [2.45, 2.75) is 13.8 Å². The van der Waals surface area contributed by atoms with Crippen LogP contribution in [-0.4, -0.2) is 50.6 Å². The number of anilines is 1. The molecule has 1 aromatic rings. The first-order chi connectivity index (χ1) is 10.1. The van der Waals surface area contributed by atoms with E-state index in [1.54, 1.807) is 25.3 Å². The van der Waals surface area contributed by atoms with Crippen molar-refractivity contribution >= 4 is 23.2 Å². The molecule has 5 nitrogen and oxygen atoms in total. The number of rotatable bonds is 9. The highest BCUT2D eigenvalue weighted by molar-refractivity contribution is 6.30. The van der Waals surface area contributed by atoms with Gasteiger partial charge < -0.3 is 20.3 Å². The van der Waals surface area contributed by atoms with Crippen molar-refractivity contribution in [1.82, 2.24) is 10.2 Å². The molecule has 6 heteroatoms. The van der Waals surface area contributed by atoms with Gasteiger partial charge >= 0.3 is 0 Å². The number of ether oxygens (including phenoxy) is 1. The summed E-state index contributed by atoms with van der Waals surface area (Å²) in [6, 6.07) is 5.25. The van der Waals surface area contributed by atoms with Crippen molar-refractivity contribution in [1.29, 1.82) is 0 Å². The summed E-state index contributed by atoms with van der Waals surface area (Å²) < 4.78 is 5.21. The number of amides is 1.